The van der Waals surface area contributed by atoms with Crippen molar-refractivity contribution in [3.8, 4) is 0 Å². The van der Waals surface area contributed by atoms with Crippen molar-refractivity contribution in [2.45, 2.75) is 26.0 Å². The lowest BCUT2D eigenvalue weighted by molar-refractivity contribution is -0.128. The molecule has 0 aliphatic carbocycles. The highest BCUT2D eigenvalue weighted by Crippen LogP contribution is 2.11. The first-order valence-corrected chi connectivity index (χ1v) is 8.50. The molecule has 6 nitrogen and oxygen atoms in total. The molecule has 0 heterocycles. The van der Waals surface area contributed by atoms with Gasteiger partial charge >= 0.3 is 6.03 Å². The second-order valence-corrected chi connectivity index (χ2v) is 6.27. The molecule has 26 heavy (non-hydrogen) atoms. The number of hydrogen-bond acceptors (Lipinski definition) is 3. The summed E-state index contributed by atoms with van der Waals surface area (Å²) < 4.78 is 0. The monoisotopic (exact) mass is 355 g/mol. The molecule has 0 radical (unpaired) electrons. The Morgan fingerprint density at radius 2 is 1.50 bits per heavy atom. The fraction of sp³-hybridized carbons (Fsp3) is 0.300. The van der Waals surface area contributed by atoms with E-state index in [1.807, 2.05) is 48.5 Å². The second kappa shape index (κ2) is 9.58. The maximum atomic E-state index is 12.0. The SMILES string of the molecule is CN(C)C(=O)CCc1ccc(NC(=O)NCc2ccc(CO)cc2)cc1. The average molecular weight is 355 g/mol. The van der Waals surface area contributed by atoms with Gasteiger partial charge in [0, 0.05) is 32.7 Å². The number of nitrogens with one attached hydrogen (secondary N) is 2. The Morgan fingerprint density at radius 3 is 2.08 bits per heavy atom. The normalized spacial score (nSPS) is 10.3. The van der Waals surface area contributed by atoms with Crippen molar-refractivity contribution >= 4 is 17.6 Å². The zero-order valence-electron chi connectivity index (χ0n) is 15.2. The summed E-state index contributed by atoms with van der Waals surface area (Å²) in [5.41, 5.74) is 3.54. The summed E-state index contributed by atoms with van der Waals surface area (Å²) in [5, 5.41) is 14.6. The summed E-state index contributed by atoms with van der Waals surface area (Å²) in [6, 6.07) is 14.6. The van der Waals surface area contributed by atoms with Crippen LogP contribution in [0, 0.1) is 0 Å². The zero-order chi connectivity index (χ0) is 18.9. The molecule has 0 aliphatic heterocycles. The number of anilines is 1. The van der Waals surface area contributed by atoms with Gasteiger partial charge in [-0.15, -0.1) is 0 Å². The summed E-state index contributed by atoms with van der Waals surface area (Å²) >= 11 is 0. The first-order chi connectivity index (χ1) is 12.5. The summed E-state index contributed by atoms with van der Waals surface area (Å²) in [6.07, 6.45) is 1.14. The largest absolute Gasteiger partial charge is 0.392 e. The lowest BCUT2D eigenvalue weighted by atomic mass is 10.1. The second-order valence-electron chi connectivity index (χ2n) is 6.27. The third-order valence-corrected chi connectivity index (χ3v) is 4.00. The molecule has 0 unspecified atom stereocenters. The molecule has 3 N–H and O–H groups in total. The van der Waals surface area contributed by atoms with Crippen molar-refractivity contribution in [3.05, 3.63) is 65.2 Å². The van der Waals surface area contributed by atoms with Gasteiger partial charge in [0.05, 0.1) is 6.61 Å². The number of carbonyl (C=O) groups is 2. The predicted octanol–water partition coefficient (Wildman–Crippen LogP) is 2.52. The quantitative estimate of drug-likeness (QED) is 0.714. The lowest BCUT2D eigenvalue weighted by Crippen LogP contribution is -2.28. The predicted molar refractivity (Wildman–Crippen MR) is 102 cm³/mol. The molecule has 0 aliphatic rings. The van der Waals surface area contributed by atoms with Crippen LogP contribution in [0.1, 0.15) is 23.1 Å². The van der Waals surface area contributed by atoms with Crippen LogP contribution < -0.4 is 10.6 Å². The van der Waals surface area contributed by atoms with Crippen molar-refractivity contribution < 1.29 is 14.7 Å². The molecule has 138 valence electrons. The Kier molecular flexibility index (Phi) is 7.17. The Labute approximate surface area is 153 Å². The maximum absolute atomic E-state index is 12.0. The molecular weight excluding hydrogens is 330 g/mol. The Morgan fingerprint density at radius 1 is 0.923 bits per heavy atom. The molecule has 2 aromatic rings. The van der Waals surface area contributed by atoms with Crippen molar-refractivity contribution in [1.29, 1.82) is 0 Å². The van der Waals surface area contributed by atoms with Crippen LogP contribution in [-0.4, -0.2) is 36.0 Å². The van der Waals surface area contributed by atoms with E-state index in [-0.39, 0.29) is 18.5 Å². The van der Waals surface area contributed by atoms with Crippen LogP contribution in [0.3, 0.4) is 0 Å². The summed E-state index contributed by atoms with van der Waals surface area (Å²) in [6.45, 7) is 0.412. The fourth-order valence-corrected chi connectivity index (χ4v) is 2.35. The van der Waals surface area contributed by atoms with Crippen molar-refractivity contribution in [2.24, 2.45) is 0 Å². The van der Waals surface area contributed by atoms with E-state index in [1.54, 1.807) is 19.0 Å². The Bertz CT molecular complexity index is 725. The van der Waals surface area contributed by atoms with E-state index in [9.17, 15) is 9.59 Å². The Hall–Kier alpha value is -2.86. The fourth-order valence-electron chi connectivity index (χ4n) is 2.35. The highest BCUT2D eigenvalue weighted by atomic mass is 16.3. The summed E-state index contributed by atoms with van der Waals surface area (Å²) in [5.74, 6) is 0.0959. The van der Waals surface area contributed by atoms with Crippen LogP contribution in [0.25, 0.3) is 0 Å². The third-order valence-electron chi connectivity index (χ3n) is 4.00. The third kappa shape index (κ3) is 6.22. The highest BCUT2D eigenvalue weighted by Gasteiger charge is 2.05. The molecular formula is C20H25N3O3. The van der Waals surface area contributed by atoms with Crippen LogP contribution in [0.4, 0.5) is 10.5 Å². The molecule has 3 amide bonds. The van der Waals surface area contributed by atoms with E-state index in [0.717, 1.165) is 16.7 Å². The van der Waals surface area contributed by atoms with Crippen LogP contribution in [0.15, 0.2) is 48.5 Å². The van der Waals surface area contributed by atoms with Gasteiger partial charge in [0.25, 0.3) is 0 Å². The number of nitrogens with zero attached hydrogens (tertiary/aromatic N) is 1. The maximum Gasteiger partial charge on any atom is 0.319 e. The molecule has 2 aromatic carbocycles. The van der Waals surface area contributed by atoms with Gasteiger partial charge in [0.2, 0.25) is 5.91 Å². The van der Waals surface area contributed by atoms with E-state index in [4.69, 9.17) is 5.11 Å². The van der Waals surface area contributed by atoms with Gasteiger partial charge in [0.1, 0.15) is 0 Å². The van der Waals surface area contributed by atoms with Gasteiger partial charge in [-0.2, -0.15) is 0 Å². The molecule has 0 spiro atoms. The highest BCUT2D eigenvalue weighted by molar-refractivity contribution is 5.89. The lowest BCUT2D eigenvalue weighted by Gasteiger charge is -2.11. The van der Waals surface area contributed by atoms with Crippen LogP contribution >= 0.6 is 0 Å². The van der Waals surface area contributed by atoms with Crippen molar-refractivity contribution in [2.75, 3.05) is 19.4 Å². The van der Waals surface area contributed by atoms with Crippen molar-refractivity contribution in [3.63, 3.8) is 0 Å². The number of hydrogen-bond donors (Lipinski definition) is 3. The van der Waals surface area contributed by atoms with E-state index >= 15 is 0 Å². The van der Waals surface area contributed by atoms with Gasteiger partial charge in [-0.05, 0) is 35.2 Å². The van der Waals surface area contributed by atoms with Crippen LogP contribution in [0.5, 0.6) is 0 Å². The van der Waals surface area contributed by atoms with Crippen molar-refractivity contribution in [1.82, 2.24) is 10.2 Å². The smallest absolute Gasteiger partial charge is 0.319 e. The molecule has 0 saturated heterocycles. The number of aryl methyl sites for hydroxylation is 1. The minimum atomic E-state index is -0.285. The number of amides is 3. The molecule has 0 saturated carbocycles. The van der Waals surface area contributed by atoms with Gasteiger partial charge in [-0.25, -0.2) is 4.79 Å². The summed E-state index contributed by atoms with van der Waals surface area (Å²) in [4.78, 5) is 25.2. The number of aliphatic hydroxyl groups is 1. The minimum Gasteiger partial charge on any atom is -0.392 e. The number of rotatable bonds is 7. The molecule has 6 heteroatoms. The van der Waals surface area contributed by atoms with Gasteiger partial charge in [-0.3, -0.25) is 4.79 Å². The molecule has 0 fully saturated rings. The Balaban J connectivity index is 1.78. The number of aliphatic hydroxyl groups excluding tert-OH is 1. The van der Waals surface area contributed by atoms with E-state index in [0.29, 0.717) is 25.1 Å². The number of urea groups is 1. The number of carbonyl (C=O) groups excluding carboxylic acids is 2. The number of benzene rings is 2. The molecule has 0 bridgehead atoms. The molecule has 2 rings (SSSR count). The van der Waals surface area contributed by atoms with Gasteiger partial charge < -0.3 is 20.6 Å². The standard InChI is InChI=1S/C20H25N3O3/c1-23(2)19(25)12-9-15-7-10-18(11-8-15)22-20(26)21-13-16-3-5-17(14-24)6-4-16/h3-8,10-11,24H,9,12-14H2,1-2H3,(H2,21,22,26). The van der Waals surface area contributed by atoms with Crippen LogP contribution in [-0.2, 0) is 24.4 Å². The average Bonchev–Trinajstić information content (AvgIpc) is 2.65. The summed E-state index contributed by atoms with van der Waals surface area (Å²) in [7, 11) is 3.49. The van der Waals surface area contributed by atoms with Gasteiger partial charge in [0.15, 0.2) is 0 Å². The molecule has 0 atom stereocenters. The topological polar surface area (TPSA) is 81.7 Å². The minimum absolute atomic E-state index is 0.00744. The van der Waals surface area contributed by atoms with Crippen LogP contribution in [0.2, 0.25) is 0 Å². The van der Waals surface area contributed by atoms with Gasteiger partial charge in [-0.1, -0.05) is 36.4 Å². The molecule has 0 aromatic heterocycles. The van der Waals surface area contributed by atoms with E-state index in [2.05, 4.69) is 10.6 Å². The first-order valence-electron chi connectivity index (χ1n) is 8.50. The van der Waals surface area contributed by atoms with E-state index < -0.39 is 0 Å². The first kappa shape index (κ1) is 19.5. The zero-order valence-corrected chi connectivity index (χ0v) is 15.2. The van der Waals surface area contributed by atoms with E-state index in [1.165, 1.54) is 0 Å².